The first-order valence-corrected chi connectivity index (χ1v) is 11.2. The van der Waals surface area contributed by atoms with Gasteiger partial charge in [-0.1, -0.05) is 24.8 Å². The van der Waals surface area contributed by atoms with Crippen molar-refractivity contribution >= 4 is 32.6 Å². The summed E-state index contributed by atoms with van der Waals surface area (Å²) in [7, 11) is -2.02. The van der Waals surface area contributed by atoms with Gasteiger partial charge in [0.05, 0.1) is 24.0 Å². The largest absolute Gasteiger partial charge is 0.489 e. The quantitative estimate of drug-likeness (QED) is 0.347. The van der Waals surface area contributed by atoms with Crippen LogP contribution in [0.5, 0.6) is 5.75 Å². The van der Waals surface area contributed by atoms with Gasteiger partial charge >= 0.3 is 0 Å². The molecule has 1 heterocycles. The van der Waals surface area contributed by atoms with E-state index in [1.165, 1.54) is 13.4 Å². The summed E-state index contributed by atoms with van der Waals surface area (Å²) < 4.78 is 42.7. The lowest BCUT2D eigenvalue weighted by atomic mass is 10.1. The molecular formula is C22H24N2O6S. The fraction of sp³-hybridized carbons (Fsp3) is 0.227. The second kappa shape index (κ2) is 10.3. The maximum absolute atomic E-state index is 12.8. The van der Waals surface area contributed by atoms with E-state index in [0.29, 0.717) is 34.8 Å². The van der Waals surface area contributed by atoms with E-state index < -0.39 is 10.0 Å². The van der Waals surface area contributed by atoms with E-state index in [2.05, 4.69) is 16.6 Å². The highest BCUT2D eigenvalue weighted by atomic mass is 32.2. The molecular weight excluding hydrogens is 420 g/mol. The smallest absolute Gasteiger partial charge is 0.255 e. The van der Waals surface area contributed by atoms with E-state index in [4.69, 9.17) is 13.9 Å². The van der Waals surface area contributed by atoms with Crippen molar-refractivity contribution in [3.63, 3.8) is 0 Å². The first kappa shape index (κ1) is 22.5. The molecule has 0 aliphatic carbocycles. The lowest BCUT2D eigenvalue weighted by Crippen LogP contribution is -2.28. The molecule has 2 aromatic carbocycles. The highest BCUT2D eigenvalue weighted by molar-refractivity contribution is 7.88. The van der Waals surface area contributed by atoms with Gasteiger partial charge in [0.1, 0.15) is 17.9 Å². The molecule has 31 heavy (non-hydrogen) atoms. The molecule has 0 aliphatic heterocycles. The number of methoxy groups -OCH3 is 1. The summed E-state index contributed by atoms with van der Waals surface area (Å²) in [5.74, 6) is -0.0727. The van der Waals surface area contributed by atoms with Crippen molar-refractivity contribution in [1.82, 2.24) is 4.72 Å². The summed E-state index contributed by atoms with van der Waals surface area (Å²) in [6, 6.07) is 11.7. The lowest BCUT2D eigenvalue weighted by molar-refractivity contribution is 0.102. The number of rotatable bonds is 11. The number of furan rings is 1. The van der Waals surface area contributed by atoms with Gasteiger partial charge in [0, 0.05) is 24.9 Å². The Morgan fingerprint density at radius 2 is 2.06 bits per heavy atom. The van der Waals surface area contributed by atoms with E-state index in [0.717, 1.165) is 5.39 Å². The summed E-state index contributed by atoms with van der Waals surface area (Å²) in [5.41, 5.74) is 1.89. The van der Waals surface area contributed by atoms with Crippen LogP contribution in [-0.2, 0) is 20.5 Å². The van der Waals surface area contributed by atoms with Gasteiger partial charge in [0.25, 0.3) is 5.91 Å². The highest BCUT2D eigenvalue weighted by Gasteiger charge is 2.15. The summed E-state index contributed by atoms with van der Waals surface area (Å²) in [4.78, 5) is 12.8. The number of hydrogen-bond acceptors (Lipinski definition) is 6. The number of carbonyl (C=O) groups excluding carboxylic acids is 1. The normalized spacial score (nSPS) is 11.4. The molecule has 2 N–H and O–H groups in total. The third kappa shape index (κ3) is 6.17. The molecule has 0 saturated heterocycles. The van der Waals surface area contributed by atoms with Crippen LogP contribution in [0.4, 0.5) is 5.69 Å². The second-order valence-corrected chi connectivity index (χ2v) is 8.51. The van der Waals surface area contributed by atoms with E-state index in [1.54, 1.807) is 48.5 Å². The van der Waals surface area contributed by atoms with E-state index in [9.17, 15) is 13.2 Å². The van der Waals surface area contributed by atoms with Crippen LogP contribution in [0.3, 0.4) is 0 Å². The Labute approximate surface area is 180 Å². The number of anilines is 1. The standard InChI is InChI=1S/C22H24N2O6S/c1-3-9-29-20-13-17(14-21-19(20)7-10-30-21)22(25)24-18-6-4-5-16(12-18)15-31(26,27)23-8-11-28-2/h3-7,10,12-14,23H,1,8-9,11,15H2,2H3,(H,24,25). The molecule has 0 bridgehead atoms. The van der Waals surface area contributed by atoms with Crippen LogP contribution in [0.15, 0.2) is 65.8 Å². The number of fused-ring (bicyclic) bond motifs is 1. The predicted octanol–water partition coefficient (Wildman–Crippen LogP) is 3.32. The summed E-state index contributed by atoms with van der Waals surface area (Å²) in [5, 5.41) is 3.54. The molecule has 1 aromatic heterocycles. The Balaban J connectivity index is 1.75. The Morgan fingerprint density at radius 3 is 2.84 bits per heavy atom. The fourth-order valence-electron chi connectivity index (χ4n) is 2.95. The van der Waals surface area contributed by atoms with Crippen molar-refractivity contribution in [2.45, 2.75) is 5.75 Å². The molecule has 3 aromatic rings. The highest BCUT2D eigenvalue weighted by Crippen LogP contribution is 2.29. The number of ether oxygens (including phenoxy) is 2. The minimum Gasteiger partial charge on any atom is -0.489 e. The van der Waals surface area contributed by atoms with Gasteiger partial charge < -0.3 is 19.2 Å². The Bertz CT molecular complexity index is 1170. The van der Waals surface area contributed by atoms with Crippen molar-refractivity contribution in [2.75, 3.05) is 32.2 Å². The van der Waals surface area contributed by atoms with E-state index >= 15 is 0 Å². The molecule has 0 saturated carbocycles. The average molecular weight is 445 g/mol. The van der Waals surface area contributed by atoms with Crippen LogP contribution in [-0.4, -0.2) is 41.2 Å². The Kier molecular flexibility index (Phi) is 7.45. The summed E-state index contributed by atoms with van der Waals surface area (Å²) in [6.07, 6.45) is 3.14. The zero-order valence-corrected chi connectivity index (χ0v) is 17.9. The number of hydrogen-bond donors (Lipinski definition) is 2. The maximum Gasteiger partial charge on any atom is 0.255 e. The van der Waals surface area contributed by atoms with Gasteiger partial charge in [-0.2, -0.15) is 0 Å². The minimum atomic E-state index is -3.52. The van der Waals surface area contributed by atoms with Gasteiger partial charge in [0.15, 0.2) is 0 Å². The van der Waals surface area contributed by atoms with Crippen LogP contribution in [0.1, 0.15) is 15.9 Å². The third-order valence-corrected chi connectivity index (χ3v) is 5.68. The zero-order chi connectivity index (χ0) is 22.3. The van der Waals surface area contributed by atoms with Crippen LogP contribution in [0.2, 0.25) is 0 Å². The van der Waals surface area contributed by atoms with Gasteiger partial charge in [-0.05, 0) is 35.9 Å². The van der Waals surface area contributed by atoms with E-state index in [1.807, 2.05) is 0 Å². The second-order valence-electron chi connectivity index (χ2n) is 6.71. The Hall–Kier alpha value is -3.14. The molecule has 9 heteroatoms. The average Bonchev–Trinajstić information content (AvgIpc) is 3.21. The van der Waals surface area contributed by atoms with Crippen molar-refractivity contribution in [2.24, 2.45) is 0 Å². The number of carbonyl (C=O) groups is 1. The van der Waals surface area contributed by atoms with Gasteiger partial charge in [-0.3, -0.25) is 4.79 Å². The zero-order valence-electron chi connectivity index (χ0n) is 17.1. The van der Waals surface area contributed by atoms with Crippen molar-refractivity contribution < 1.29 is 27.1 Å². The summed E-state index contributed by atoms with van der Waals surface area (Å²) in [6.45, 7) is 4.40. The molecule has 0 radical (unpaired) electrons. The van der Waals surface area contributed by atoms with Gasteiger partial charge in [-0.25, -0.2) is 13.1 Å². The van der Waals surface area contributed by atoms with Crippen molar-refractivity contribution in [3.8, 4) is 5.75 Å². The van der Waals surface area contributed by atoms with Gasteiger partial charge in [-0.15, -0.1) is 0 Å². The molecule has 8 nitrogen and oxygen atoms in total. The van der Waals surface area contributed by atoms with Crippen LogP contribution >= 0.6 is 0 Å². The van der Waals surface area contributed by atoms with Crippen LogP contribution in [0.25, 0.3) is 11.0 Å². The molecule has 0 unspecified atom stereocenters. The molecule has 0 atom stereocenters. The maximum atomic E-state index is 12.8. The predicted molar refractivity (Wildman–Crippen MR) is 119 cm³/mol. The van der Waals surface area contributed by atoms with Crippen LogP contribution < -0.4 is 14.8 Å². The number of nitrogens with one attached hydrogen (secondary N) is 2. The molecule has 3 rings (SSSR count). The van der Waals surface area contributed by atoms with Crippen LogP contribution in [0, 0.1) is 0 Å². The molecule has 164 valence electrons. The number of benzene rings is 2. The molecule has 0 aliphatic rings. The van der Waals surface area contributed by atoms with Crippen molar-refractivity contribution in [3.05, 3.63) is 72.5 Å². The van der Waals surface area contributed by atoms with E-state index in [-0.39, 0.29) is 24.8 Å². The van der Waals surface area contributed by atoms with Crippen molar-refractivity contribution in [1.29, 1.82) is 0 Å². The number of amides is 1. The first-order valence-electron chi connectivity index (χ1n) is 9.53. The molecule has 0 fully saturated rings. The number of sulfonamides is 1. The Morgan fingerprint density at radius 1 is 1.23 bits per heavy atom. The first-order chi connectivity index (χ1) is 14.9. The minimum absolute atomic E-state index is 0.195. The summed E-state index contributed by atoms with van der Waals surface area (Å²) >= 11 is 0. The molecule has 1 amide bonds. The van der Waals surface area contributed by atoms with Gasteiger partial charge in [0.2, 0.25) is 10.0 Å². The fourth-order valence-corrected chi connectivity index (χ4v) is 4.06. The third-order valence-electron chi connectivity index (χ3n) is 4.32. The topological polar surface area (TPSA) is 107 Å². The molecule has 0 spiro atoms. The monoisotopic (exact) mass is 444 g/mol. The lowest BCUT2D eigenvalue weighted by Gasteiger charge is -2.10. The SMILES string of the molecule is C=CCOc1cc(C(=O)Nc2cccc(CS(=O)(=O)NCCOC)c2)cc2occc12.